The summed E-state index contributed by atoms with van der Waals surface area (Å²) >= 11 is 0. The maximum Gasteiger partial charge on any atom is 0.0488 e. The van der Waals surface area contributed by atoms with E-state index in [1.165, 1.54) is 104 Å². The first kappa shape index (κ1) is 44.5. The van der Waals surface area contributed by atoms with Crippen LogP contribution in [0.4, 0.5) is 34.1 Å². The number of para-hydroxylation sites is 1. The second-order valence-electron chi connectivity index (χ2n) is 20.8. The molecule has 0 heterocycles. The lowest BCUT2D eigenvalue weighted by molar-refractivity contribution is 0.443. The van der Waals surface area contributed by atoms with Crippen LogP contribution in [0, 0.1) is 0 Å². The molecule has 0 radical (unpaired) electrons. The number of fused-ring (bicyclic) bond motifs is 5. The van der Waals surface area contributed by atoms with E-state index < -0.39 is 0 Å². The van der Waals surface area contributed by atoms with E-state index in [9.17, 15) is 0 Å². The average molecular weight is 939 g/mol. The number of nitrogens with zero attached hydrogens (tertiary/aromatic N) is 2. The van der Waals surface area contributed by atoms with Gasteiger partial charge in [0.05, 0.1) is 0 Å². The summed E-state index contributed by atoms with van der Waals surface area (Å²) in [5.74, 6) is 0.619. The molecular formula is C71H58N2. The van der Waals surface area contributed by atoms with Gasteiger partial charge in [0.15, 0.2) is 0 Å². The minimum Gasteiger partial charge on any atom is -0.310 e. The molecule has 0 spiro atoms. The molecule has 2 aliphatic rings. The summed E-state index contributed by atoms with van der Waals surface area (Å²) in [5.41, 5.74) is 20.5. The maximum atomic E-state index is 2.51. The summed E-state index contributed by atoms with van der Waals surface area (Å²) in [5, 5.41) is 4.93. The van der Waals surface area contributed by atoms with Crippen molar-refractivity contribution in [1.29, 1.82) is 0 Å². The van der Waals surface area contributed by atoms with Gasteiger partial charge in [-0.05, 0) is 168 Å². The standard InChI is InChI=1S/C71H58N2/c1-71(2)68-29-17-16-28-66(68)67-43-41-61(48-69(67)71)73(59-38-34-51(35-39-59)49-18-6-3-7-19-49)63-46-57(45-62(47-63)72(58-25-10-5-11-26-58)60-40-36-50-20-12-13-24-56(50)44-60)52-30-32-54(33-31-52)65-42-37-53-21-14-15-27-64(53)70(65)55-22-8-4-9-23-55/h4-5,8-17,20-49H,3,6-7,18-19H2,1-2H3. The number of anilines is 6. The van der Waals surface area contributed by atoms with Crippen molar-refractivity contribution in [2.75, 3.05) is 9.80 Å². The van der Waals surface area contributed by atoms with Crippen molar-refractivity contribution in [2.24, 2.45) is 0 Å². The Labute approximate surface area is 430 Å². The van der Waals surface area contributed by atoms with Crippen LogP contribution in [-0.4, -0.2) is 0 Å². The van der Waals surface area contributed by atoms with Crippen molar-refractivity contribution in [3.8, 4) is 44.5 Å². The van der Waals surface area contributed by atoms with Crippen LogP contribution in [0.1, 0.15) is 68.6 Å². The first-order valence-corrected chi connectivity index (χ1v) is 26.3. The van der Waals surface area contributed by atoms with Crippen LogP contribution in [0.15, 0.2) is 249 Å². The monoisotopic (exact) mass is 938 g/mol. The minimum absolute atomic E-state index is 0.154. The highest BCUT2D eigenvalue weighted by atomic mass is 15.2. The summed E-state index contributed by atoms with van der Waals surface area (Å²) < 4.78 is 0. The molecule has 2 aliphatic carbocycles. The second kappa shape index (κ2) is 18.6. The number of benzene rings is 11. The van der Waals surface area contributed by atoms with Crippen molar-refractivity contribution < 1.29 is 0 Å². The molecule has 352 valence electrons. The third kappa shape index (κ3) is 8.18. The Morgan fingerprint density at radius 2 is 0.877 bits per heavy atom. The largest absolute Gasteiger partial charge is 0.310 e. The summed E-state index contributed by atoms with van der Waals surface area (Å²) in [6.07, 6.45) is 6.51. The lowest BCUT2D eigenvalue weighted by atomic mass is 9.82. The van der Waals surface area contributed by atoms with Crippen molar-refractivity contribution in [3.63, 3.8) is 0 Å². The number of rotatable bonds is 10. The molecule has 0 N–H and O–H groups in total. The molecule has 13 rings (SSSR count). The third-order valence-electron chi connectivity index (χ3n) is 16.0. The van der Waals surface area contributed by atoms with Crippen LogP contribution >= 0.6 is 0 Å². The lowest BCUT2D eigenvalue weighted by Crippen LogP contribution is -2.17. The van der Waals surface area contributed by atoms with Gasteiger partial charge in [-0.15, -0.1) is 0 Å². The molecule has 0 unspecified atom stereocenters. The van der Waals surface area contributed by atoms with E-state index in [1.54, 1.807) is 0 Å². The van der Waals surface area contributed by atoms with Gasteiger partial charge < -0.3 is 9.80 Å². The van der Waals surface area contributed by atoms with Gasteiger partial charge in [0, 0.05) is 39.5 Å². The van der Waals surface area contributed by atoms with E-state index in [-0.39, 0.29) is 5.41 Å². The molecule has 0 bridgehead atoms. The highest BCUT2D eigenvalue weighted by Crippen LogP contribution is 2.52. The molecule has 0 aromatic heterocycles. The van der Waals surface area contributed by atoms with E-state index >= 15 is 0 Å². The Kier molecular flexibility index (Phi) is 11.3. The van der Waals surface area contributed by atoms with E-state index in [0.29, 0.717) is 5.92 Å². The van der Waals surface area contributed by atoms with E-state index in [1.807, 2.05) is 0 Å². The number of hydrogen-bond donors (Lipinski definition) is 0. The van der Waals surface area contributed by atoms with Gasteiger partial charge in [-0.3, -0.25) is 0 Å². The lowest BCUT2D eigenvalue weighted by Gasteiger charge is -2.31. The van der Waals surface area contributed by atoms with Crippen molar-refractivity contribution in [2.45, 2.75) is 57.3 Å². The van der Waals surface area contributed by atoms with Crippen molar-refractivity contribution >= 4 is 55.7 Å². The van der Waals surface area contributed by atoms with Crippen LogP contribution in [0.25, 0.3) is 66.1 Å². The molecular weight excluding hydrogens is 881 g/mol. The van der Waals surface area contributed by atoms with Crippen LogP contribution in [0.5, 0.6) is 0 Å². The fourth-order valence-corrected chi connectivity index (χ4v) is 12.2. The van der Waals surface area contributed by atoms with E-state index in [4.69, 9.17) is 0 Å². The van der Waals surface area contributed by atoms with Crippen LogP contribution < -0.4 is 9.80 Å². The highest BCUT2D eigenvalue weighted by Gasteiger charge is 2.36. The van der Waals surface area contributed by atoms with E-state index in [2.05, 4.69) is 272 Å². The molecule has 0 saturated heterocycles. The van der Waals surface area contributed by atoms with Gasteiger partial charge in [-0.1, -0.05) is 215 Å². The maximum absolute atomic E-state index is 2.51. The Morgan fingerprint density at radius 1 is 0.329 bits per heavy atom. The van der Waals surface area contributed by atoms with Gasteiger partial charge in [-0.2, -0.15) is 0 Å². The average Bonchev–Trinajstić information content (AvgIpc) is 3.68. The molecule has 11 aromatic carbocycles. The third-order valence-corrected chi connectivity index (χ3v) is 16.0. The molecule has 2 heteroatoms. The fraction of sp³-hybridized carbons (Fsp3) is 0.127. The quantitative estimate of drug-likeness (QED) is 0.135. The summed E-state index contributed by atoms with van der Waals surface area (Å²) in [7, 11) is 0. The van der Waals surface area contributed by atoms with E-state index in [0.717, 1.165) is 45.3 Å². The molecule has 1 fully saturated rings. The van der Waals surface area contributed by atoms with Gasteiger partial charge in [0.1, 0.15) is 0 Å². The zero-order chi connectivity index (χ0) is 48.9. The van der Waals surface area contributed by atoms with Crippen LogP contribution in [-0.2, 0) is 5.41 Å². The summed E-state index contributed by atoms with van der Waals surface area (Å²) in [6, 6.07) is 92.8. The molecule has 11 aromatic rings. The topological polar surface area (TPSA) is 6.48 Å². The molecule has 1 saturated carbocycles. The molecule has 2 nitrogen and oxygen atoms in total. The zero-order valence-electron chi connectivity index (χ0n) is 41.7. The van der Waals surface area contributed by atoms with Crippen LogP contribution in [0.3, 0.4) is 0 Å². The van der Waals surface area contributed by atoms with Crippen LogP contribution in [0.2, 0.25) is 0 Å². The Hall–Kier alpha value is -8.46. The molecule has 0 amide bonds. The Morgan fingerprint density at radius 3 is 1.63 bits per heavy atom. The Balaban J connectivity index is 1.02. The van der Waals surface area contributed by atoms with Gasteiger partial charge >= 0.3 is 0 Å². The van der Waals surface area contributed by atoms with Gasteiger partial charge in [0.2, 0.25) is 0 Å². The normalized spacial score (nSPS) is 13.9. The Bertz CT molecular complexity index is 3790. The smallest absolute Gasteiger partial charge is 0.0488 e. The van der Waals surface area contributed by atoms with Crippen molar-refractivity contribution in [3.05, 3.63) is 265 Å². The number of hydrogen-bond acceptors (Lipinski definition) is 2. The molecule has 0 aliphatic heterocycles. The zero-order valence-corrected chi connectivity index (χ0v) is 41.7. The summed E-state index contributed by atoms with van der Waals surface area (Å²) in [6.45, 7) is 4.77. The predicted octanol–water partition coefficient (Wildman–Crippen LogP) is 20.3. The first-order valence-electron chi connectivity index (χ1n) is 26.3. The highest BCUT2D eigenvalue weighted by molar-refractivity contribution is 6.04. The first-order chi connectivity index (χ1) is 35.9. The molecule has 0 atom stereocenters. The van der Waals surface area contributed by atoms with Gasteiger partial charge in [0.25, 0.3) is 0 Å². The second-order valence-corrected chi connectivity index (χ2v) is 20.8. The minimum atomic E-state index is -0.154. The SMILES string of the molecule is CC1(C)c2ccccc2-c2ccc(N(c3ccc(C4CCCCC4)cc3)c3cc(-c4ccc(-c5ccc6ccccc6c5-c5ccccc5)cc4)cc(N(c4ccccc4)c4ccc5ccccc5c4)c3)cc21. The summed E-state index contributed by atoms with van der Waals surface area (Å²) in [4.78, 5) is 4.94. The van der Waals surface area contributed by atoms with Gasteiger partial charge in [-0.25, -0.2) is 0 Å². The molecule has 73 heavy (non-hydrogen) atoms. The van der Waals surface area contributed by atoms with Crippen molar-refractivity contribution in [1.82, 2.24) is 0 Å². The fourth-order valence-electron chi connectivity index (χ4n) is 12.2. The predicted molar refractivity (Wildman–Crippen MR) is 311 cm³/mol.